The molecular formula is C9H10ClN3O. The number of imidazole rings is 1. The van der Waals surface area contributed by atoms with Crippen molar-refractivity contribution in [2.75, 3.05) is 7.05 Å². The summed E-state index contributed by atoms with van der Waals surface area (Å²) in [6.45, 7) is 0.725. The van der Waals surface area contributed by atoms with Crippen LogP contribution in [0.2, 0.25) is 5.02 Å². The van der Waals surface area contributed by atoms with E-state index in [9.17, 15) is 4.79 Å². The van der Waals surface area contributed by atoms with Gasteiger partial charge in [0.05, 0.1) is 16.1 Å². The van der Waals surface area contributed by atoms with E-state index >= 15 is 0 Å². The highest BCUT2D eigenvalue weighted by atomic mass is 35.5. The second kappa shape index (κ2) is 3.48. The molecular weight excluding hydrogens is 202 g/mol. The van der Waals surface area contributed by atoms with Gasteiger partial charge < -0.3 is 15.3 Å². The minimum atomic E-state index is -0.233. The summed E-state index contributed by atoms with van der Waals surface area (Å²) in [6, 6.07) is 3.74. The number of aromatic amines is 2. The van der Waals surface area contributed by atoms with Crippen molar-refractivity contribution in [1.82, 2.24) is 15.3 Å². The van der Waals surface area contributed by atoms with Crippen LogP contribution in [0.5, 0.6) is 0 Å². The van der Waals surface area contributed by atoms with Crippen LogP contribution in [0.4, 0.5) is 0 Å². The zero-order chi connectivity index (χ0) is 10.1. The lowest BCUT2D eigenvalue weighted by molar-refractivity contribution is 0.819. The van der Waals surface area contributed by atoms with E-state index in [0.29, 0.717) is 10.5 Å². The van der Waals surface area contributed by atoms with Crippen molar-refractivity contribution in [1.29, 1.82) is 0 Å². The summed E-state index contributed by atoms with van der Waals surface area (Å²) in [4.78, 5) is 16.3. The predicted octanol–water partition coefficient (Wildman–Crippen LogP) is 1.23. The van der Waals surface area contributed by atoms with Crippen LogP contribution in [0.3, 0.4) is 0 Å². The van der Waals surface area contributed by atoms with E-state index in [1.54, 1.807) is 0 Å². The molecule has 74 valence electrons. The molecule has 0 aliphatic rings. The lowest BCUT2D eigenvalue weighted by Crippen LogP contribution is -2.04. The van der Waals surface area contributed by atoms with Gasteiger partial charge in [-0.3, -0.25) is 0 Å². The first-order valence-corrected chi connectivity index (χ1v) is 4.63. The van der Waals surface area contributed by atoms with Gasteiger partial charge in [0, 0.05) is 6.54 Å². The van der Waals surface area contributed by atoms with Crippen molar-refractivity contribution in [3.63, 3.8) is 0 Å². The van der Waals surface area contributed by atoms with Gasteiger partial charge in [-0.1, -0.05) is 11.6 Å². The van der Waals surface area contributed by atoms with E-state index in [2.05, 4.69) is 15.3 Å². The van der Waals surface area contributed by atoms with Gasteiger partial charge in [-0.05, 0) is 24.7 Å². The van der Waals surface area contributed by atoms with E-state index in [1.165, 1.54) is 0 Å². The molecule has 0 spiro atoms. The van der Waals surface area contributed by atoms with Gasteiger partial charge in [0.25, 0.3) is 0 Å². The highest BCUT2D eigenvalue weighted by molar-refractivity contribution is 6.35. The molecule has 0 atom stereocenters. The standard InChI is InChI=1S/C9H10ClN3O/c1-11-4-5-2-6(10)8-7(3-5)12-9(14)13-8/h2-3,11H,4H2,1H3,(H2,12,13,14). The Morgan fingerprint density at radius 3 is 2.93 bits per heavy atom. The first kappa shape index (κ1) is 9.30. The summed E-state index contributed by atoms with van der Waals surface area (Å²) in [6.07, 6.45) is 0. The van der Waals surface area contributed by atoms with Crippen molar-refractivity contribution in [2.45, 2.75) is 6.54 Å². The van der Waals surface area contributed by atoms with E-state index in [1.807, 2.05) is 19.2 Å². The summed E-state index contributed by atoms with van der Waals surface area (Å²) < 4.78 is 0. The van der Waals surface area contributed by atoms with Crippen LogP contribution in [0, 0.1) is 0 Å². The summed E-state index contributed by atoms with van der Waals surface area (Å²) in [5.74, 6) is 0. The Kier molecular flexibility index (Phi) is 2.31. The van der Waals surface area contributed by atoms with Crippen molar-refractivity contribution < 1.29 is 0 Å². The number of hydrogen-bond donors (Lipinski definition) is 3. The van der Waals surface area contributed by atoms with Gasteiger partial charge in [0.1, 0.15) is 0 Å². The molecule has 5 heteroatoms. The fourth-order valence-electron chi connectivity index (χ4n) is 1.46. The Bertz CT molecular complexity index is 514. The van der Waals surface area contributed by atoms with Crippen molar-refractivity contribution in [3.05, 3.63) is 33.2 Å². The smallest absolute Gasteiger partial charge is 0.316 e. The average Bonchev–Trinajstić information content (AvgIpc) is 2.47. The molecule has 3 N–H and O–H groups in total. The molecule has 4 nitrogen and oxygen atoms in total. The molecule has 14 heavy (non-hydrogen) atoms. The number of fused-ring (bicyclic) bond motifs is 1. The molecule has 0 aliphatic carbocycles. The lowest BCUT2D eigenvalue weighted by Gasteiger charge is -2.01. The first-order valence-electron chi connectivity index (χ1n) is 4.25. The Balaban J connectivity index is 2.65. The molecule has 0 aliphatic heterocycles. The molecule has 2 aromatic rings. The van der Waals surface area contributed by atoms with Crippen molar-refractivity contribution in [2.24, 2.45) is 0 Å². The highest BCUT2D eigenvalue weighted by Crippen LogP contribution is 2.21. The van der Waals surface area contributed by atoms with Gasteiger partial charge >= 0.3 is 5.69 Å². The number of rotatable bonds is 2. The molecule has 0 saturated carbocycles. The largest absolute Gasteiger partial charge is 0.323 e. The molecule has 0 amide bonds. The summed E-state index contributed by atoms with van der Waals surface area (Å²) in [5.41, 5.74) is 2.22. The second-order valence-electron chi connectivity index (χ2n) is 3.11. The van der Waals surface area contributed by atoms with E-state index < -0.39 is 0 Å². The number of hydrogen-bond acceptors (Lipinski definition) is 2. The van der Waals surface area contributed by atoms with Gasteiger partial charge in [-0.2, -0.15) is 0 Å². The maximum Gasteiger partial charge on any atom is 0.323 e. The van der Waals surface area contributed by atoms with Crippen LogP contribution < -0.4 is 11.0 Å². The predicted molar refractivity (Wildman–Crippen MR) is 56.7 cm³/mol. The van der Waals surface area contributed by atoms with E-state index in [4.69, 9.17) is 11.6 Å². The van der Waals surface area contributed by atoms with Crippen LogP contribution in [0.1, 0.15) is 5.56 Å². The van der Waals surface area contributed by atoms with Crippen LogP contribution >= 0.6 is 11.6 Å². The van der Waals surface area contributed by atoms with Crippen molar-refractivity contribution >= 4 is 22.6 Å². The quantitative estimate of drug-likeness (QED) is 0.700. The number of halogens is 1. The maximum absolute atomic E-state index is 11.0. The van der Waals surface area contributed by atoms with E-state index in [0.717, 1.165) is 17.6 Å². The van der Waals surface area contributed by atoms with Gasteiger partial charge in [0.2, 0.25) is 0 Å². The highest BCUT2D eigenvalue weighted by Gasteiger charge is 2.04. The lowest BCUT2D eigenvalue weighted by atomic mass is 10.2. The molecule has 0 saturated heterocycles. The fraction of sp³-hybridized carbons (Fsp3) is 0.222. The van der Waals surface area contributed by atoms with Gasteiger partial charge in [0.15, 0.2) is 0 Å². The average molecular weight is 212 g/mol. The van der Waals surface area contributed by atoms with Crippen LogP contribution in [0.25, 0.3) is 11.0 Å². The fourth-order valence-corrected chi connectivity index (χ4v) is 1.75. The molecule has 1 aromatic carbocycles. The molecule has 0 unspecified atom stereocenters. The van der Waals surface area contributed by atoms with Crippen molar-refractivity contribution in [3.8, 4) is 0 Å². The van der Waals surface area contributed by atoms with Crippen LogP contribution in [-0.2, 0) is 6.54 Å². The minimum Gasteiger partial charge on any atom is -0.316 e. The van der Waals surface area contributed by atoms with Gasteiger partial charge in [-0.15, -0.1) is 0 Å². The zero-order valence-corrected chi connectivity index (χ0v) is 8.40. The third kappa shape index (κ3) is 1.54. The Morgan fingerprint density at radius 2 is 2.21 bits per heavy atom. The maximum atomic E-state index is 11.0. The molecule has 0 bridgehead atoms. The number of H-pyrrole nitrogens is 2. The molecule has 0 radical (unpaired) electrons. The molecule has 1 aromatic heterocycles. The van der Waals surface area contributed by atoms with Crippen LogP contribution in [-0.4, -0.2) is 17.0 Å². The normalized spacial score (nSPS) is 11.0. The minimum absolute atomic E-state index is 0.233. The Hall–Kier alpha value is -1.26. The molecule has 1 heterocycles. The topological polar surface area (TPSA) is 60.7 Å². The Labute approximate surface area is 85.3 Å². The summed E-state index contributed by atoms with van der Waals surface area (Å²) in [5, 5.41) is 3.58. The number of nitrogens with one attached hydrogen (secondary N) is 3. The molecule has 0 fully saturated rings. The third-order valence-electron chi connectivity index (χ3n) is 2.02. The monoisotopic (exact) mass is 211 g/mol. The summed E-state index contributed by atoms with van der Waals surface area (Å²) in [7, 11) is 1.86. The zero-order valence-electron chi connectivity index (χ0n) is 7.65. The summed E-state index contributed by atoms with van der Waals surface area (Å²) >= 11 is 5.99. The second-order valence-corrected chi connectivity index (χ2v) is 3.52. The first-order chi connectivity index (χ1) is 6.70. The number of aromatic nitrogens is 2. The van der Waals surface area contributed by atoms with Gasteiger partial charge in [-0.25, -0.2) is 4.79 Å². The van der Waals surface area contributed by atoms with Crippen LogP contribution in [0.15, 0.2) is 16.9 Å². The SMILES string of the molecule is CNCc1cc(Cl)c2[nH]c(=O)[nH]c2c1. The Morgan fingerprint density at radius 1 is 1.43 bits per heavy atom. The molecule has 2 rings (SSSR count). The number of benzene rings is 1. The third-order valence-corrected chi connectivity index (χ3v) is 2.32. The van der Waals surface area contributed by atoms with E-state index in [-0.39, 0.29) is 5.69 Å².